The molecule has 0 unspecified atom stereocenters. The maximum atomic E-state index is 13.8. The summed E-state index contributed by atoms with van der Waals surface area (Å²) in [5.41, 5.74) is 0.364. The van der Waals surface area contributed by atoms with Crippen LogP contribution < -0.4 is 10.5 Å². The summed E-state index contributed by atoms with van der Waals surface area (Å²) in [7, 11) is -4.36. The second kappa shape index (κ2) is 6.90. The maximum absolute atomic E-state index is 13.8. The Morgan fingerprint density at radius 3 is 2.52 bits per heavy atom. The number of hydrogen-bond donors (Lipinski definition) is 2. The van der Waals surface area contributed by atoms with Crippen molar-refractivity contribution in [1.29, 1.82) is 0 Å². The first-order valence-electron chi connectivity index (χ1n) is 5.09. The van der Waals surface area contributed by atoms with Crippen molar-refractivity contribution in [1.82, 2.24) is 4.72 Å². The Kier molecular flexibility index (Phi) is 6.18. The molecule has 0 spiro atoms. The van der Waals surface area contributed by atoms with E-state index >= 15 is 0 Å². The summed E-state index contributed by atoms with van der Waals surface area (Å²) in [6.45, 7) is -0.528. The van der Waals surface area contributed by atoms with Gasteiger partial charge in [-0.1, -0.05) is 11.6 Å². The Balaban J connectivity index is 2.90. The van der Waals surface area contributed by atoms with Crippen molar-refractivity contribution >= 4 is 55.0 Å². The smallest absolute Gasteiger partial charge is 0.395 e. The molecular weight excluding hydrogens is 424 g/mol. The number of benzene rings is 1. The number of nitrogens with two attached hydrogens (primary N) is 1. The van der Waals surface area contributed by atoms with Crippen LogP contribution in [0.3, 0.4) is 0 Å². The molecule has 0 aliphatic carbocycles. The molecule has 0 heterocycles. The molecule has 0 aliphatic heterocycles. The standard InChI is InChI=1S/C9H8BrClF4N2O2S2/c10-6-4(11)3-5(7(12)8(6)16)21(18,19)17-1-2-20-9(13,14)15/h3,17H,1-2,16H2. The normalized spacial score (nSPS) is 12.7. The van der Waals surface area contributed by atoms with Gasteiger partial charge < -0.3 is 5.73 Å². The van der Waals surface area contributed by atoms with E-state index in [9.17, 15) is 26.0 Å². The van der Waals surface area contributed by atoms with Crippen molar-refractivity contribution in [3.63, 3.8) is 0 Å². The maximum Gasteiger partial charge on any atom is 0.441 e. The molecule has 12 heteroatoms. The van der Waals surface area contributed by atoms with E-state index < -0.39 is 56.0 Å². The molecule has 4 nitrogen and oxygen atoms in total. The monoisotopic (exact) mass is 430 g/mol. The Labute approximate surface area is 135 Å². The number of nitrogen functional groups attached to an aromatic ring is 1. The highest BCUT2D eigenvalue weighted by molar-refractivity contribution is 9.10. The molecule has 21 heavy (non-hydrogen) atoms. The highest BCUT2D eigenvalue weighted by atomic mass is 79.9. The Bertz CT molecular complexity index is 640. The zero-order chi connectivity index (χ0) is 16.4. The van der Waals surface area contributed by atoms with E-state index in [0.29, 0.717) is 0 Å². The van der Waals surface area contributed by atoms with Crippen LogP contribution >= 0.6 is 39.3 Å². The molecule has 0 aliphatic rings. The number of anilines is 1. The molecule has 1 aromatic carbocycles. The predicted molar refractivity (Wildman–Crippen MR) is 77.2 cm³/mol. The van der Waals surface area contributed by atoms with Gasteiger partial charge in [-0.05, 0) is 33.8 Å². The molecule has 1 aromatic rings. The van der Waals surface area contributed by atoms with Crippen LogP contribution in [0.2, 0.25) is 5.02 Å². The van der Waals surface area contributed by atoms with Gasteiger partial charge in [-0.2, -0.15) is 13.2 Å². The van der Waals surface area contributed by atoms with Crippen molar-refractivity contribution in [3.8, 4) is 0 Å². The third-order valence-corrected chi connectivity index (χ3v) is 5.68. The Hall–Kier alpha value is -0.230. The van der Waals surface area contributed by atoms with Crippen molar-refractivity contribution in [2.75, 3.05) is 18.0 Å². The third-order valence-electron chi connectivity index (χ3n) is 2.11. The van der Waals surface area contributed by atoms with Gasteiger partial charge in [-0.15, -0.1) is 0 Å². The number of alkyl halides is 3. The van der Waals surface area contributed by atoms with Crippen LogP contribution in [0.15, 0.2) is 15.4 Å². The van der Waals surface area contributed by atoms with E-state index in [2.05, 4.69) is 15.9 Å². The molecular formula is C9H8BrClF4N2O2S2. The lowest BCUT2D eigenvalue weighted by Gasteiger charge is -2.11. The number of sulfonamides is 1. The van der Waals surface area contributed by atoms with Gasteiger partial charge >= 0.3 is 5.51 Å². The highest BCUT2D eigenvalue weighted by Crippen LogP contribution is 2.34. The summed E-state index contributed by atoms with van der Waals surface area (Å²) >= 11 is 8.16. The summed E-state index contributed by atoms with van der Waals surface area (Å²) in [5.74, 6) is -1.79. The number of halogens is 6. The predicted octanol–water partition coefficient (Wildman–Crippen LogP) is 3.36. The third kappa shape index (κ3) is 5.16. The second-order valence-corrected chi connectivity index (χ2v) is 7.69. The molecule has 0 bridgehead atoms. The van der Waals surface area contributed by atoms with Crippen LogP contribution in [0.25, 0.3) is 0 Å². The second-order valence-electron chi connectivity index (χ2n) is 3.59. The van der Waals surface area contributed by atoms with Crippen LogP contribution in [-0.2, 0) is 10.0 Å². The average molecular weight is 432 g/mol. The van der Waals surface area contributed by atoms with Gasteiger partial charge in [0, 0.05) is 12.3 Å². The van der Waals surface area contributed by atoms with Gasteiger partial charge in [0.2, 0.25) is 10.0 Å². The van der Waals surface area contributed by atoms with Gasteiger partial charge in [0.1, 0.15) is 4.90 Å². The quantitative estimate of drug-likeness (QED) is 0.325. The molecule has 0 fully saturated rings. The van der Waals surface area contributed by atoms with Gasteiger partial charge in [-0.3, -0.25) is 0 Å². The Morgan fingerprint density at radius 1 is 1.43 bits per heavy atom. The minimum atomic E-state index is -4.47. The lowest BCUT2D eigenvalue weighted by molar-refractivity contribution is -0.0327. The van der Waals surface area contributed by atoms with Crippen LogP contribution in [0, 0.1) is 5.82 Å². The summed E-state index contributed by atoms with van der Waals surface area (Å²) in [4.78, 5) is -0.829. The molecule has 0 amide bonds. The highest BCUT2D eigenvalue weighted by Gasteiger charge is 2.28. The van der Waals surface area contributed by atoms with Crippen molar-refractivity contribution in [3.05, 3.63) is 21.4 Å². The SMILES string of the molecule is Nc1c(F)c(S(=O)(=O)NCCSC(F)(F)F)cc(Cl)c1Br. The Morgan fingerprint density at radius 2 is 2.00 bits per heavy atom. The molecule has 0 atom stereocenters. The number of thioether (sulfide) groups is 1. The number of rotatable bonds is 5. The molecule has 120 valence electrons. The molecule has 0 aromatic heterocycles. The van der Waals surface area contributed by atoms with Crippen molar-refractivity contribution in [2.24, 2.45) is 0 Å². The van der Waals surface area contributed by atoms with E-state index in [1.54, 1.807) is 0 Å². The lowest BCUT2D eigenvalue weighted by Crippen LogP contribution is -2.27. The minimum Gasteiger partial charge on any atom is -0.395 e. The van der Waals surface area contributed by atoms with Gasteiger partial charge in [0.25, 0.3) is 0 Å². The molecule has 0 saturated heterocycles. The van der Waals surface area contributed by atoms with E-state index in [1.807, 2.05) is 4.72 Å². The topological polar surface area (TPSA) is 72.2 Å². The van der Waals surface area contributed by atoms with E-state index in [0.717, 1.165) is 6.07 Å². The van der Waals surface area contributed by atoms with Crippen LogP contribution in [0.4, 0.5) is 23.2 Å². The average Bonchev–Trinajstić information content (AvgIpc) is 2.35. The minimum absolute atomic E-state index is 0.00626. The number of hydrogen-bond acceptors (Lipinski definition) is 4. The van der Waals surface area contributed by atoms with Gasteiger partial charge in [0.05, 0.1) is 15.2 Å². The van der Waals surface area contributed by atoms with Crippen molar-refractivity contribution in [2.45, 2.75) is 10.4 Å². The summed E-state index contributed by atoms with van der Waals surface area (Å²) in [6.07, 6.45) is 0. The first kappa shape index (κ1) is 18.8. The zero-order valence-electron chi connectivity index (χ0n) is 9.97. The van der Waals surface area contributed by atoms with E-state index in [4.69, 9.17) is 17.3 Å². The fourth-order valence-corrected chi connectivity index (χ4v) is 3.49. The van der Waals surface area contributed by atoms with E-state index in [-0.39, 0.29) is 9.50 Å². The summed E-state index contributed by atoms with van der Waals surface area (Å²) in [5, 5.41) is -0.140. The first-order chi connectivity index (χ1) is 9.46. The molecule has 3 N–H and O–H groups in total. The fourth-order valence-electron chi connectivity index (χ4n) is 1.22. The lowest BCUT2D eigenvalue weighted by atomic mass is 10.3. The van der Waals surface area contributed by atoms with Gasteiger partial charge in [-0.25, -0.2) is 17.5 Å². The molecule has 1 rings (SSSR count). The molecule has 0 saturated carbocycles. The zero-order valence-corrected chi connectivity index (χ0v) is 13.9. The van der Waals surface area contributed by atoms with Gasteiger partial charge in [0.15, 0.2) is 5.82 Å². The van der Waals surface area contributed by atoms with E-state index in [1.165, 1.54) is 0 Å². The fraction of sp³-hybridized carbons (Fsp3) is 0.333. The first-order valence-corrected chi connectivity index (χ1v) is 8.73. The summed E-state index contributed by atoms with van der Waals surface area (Å²) < 4.78 is 75.0. The van der Waals surface area contributed by atoms with Crippen LogP contribution in [0.1, 0.15) is 0 Å². The number of nitrogens with one attached hydrogen (secondary N) is 1. The van der Waals surface area contributed by atoms with Crippen LogP contribution in [-0.4, -0.2) is 26.2 Å². The van der Waals surface area contributed by atoms with Crippen molar-refractivity contribution < 1.29 is 26.0 Å². The largest absolute Gasteiger partial charge is 0.441 e. The summed E-state index contributed by atoms with van der Waals surface area (Å²) in [6, 6.07) is 0.816. The molecule has 0 radical (unpaired) electrons. The van der Waals surface area contributed by atoms with Crippen LogP contribution in [0.5, 0.6) is 0 Å².